The van der Waals surface area contributed by atoms with Crippen molar-refractivity contribution in [1.82, 2.24) is 0 Å². The Morgan fingerprint density at radius 2 is 2.18 bits per heavy atom. The van der Waals surface area contributed by atoms with E-state index in [2.05, 4.69) is 0 Å². The maximum absolute atomic E-state index is 10.1. The van der Waals surface area contributed by atoms with E-state index in [1.807, 2.05) is 0 Å². The second-order valence-corrected chi connectivity index (χ2v) is 2.60. The first kappa shape index (κ1) is 8.42. The summed E-state index contributed by atoms with van der Waals surface area (Å²) in [5.41, 5.74) is 0. The van der Waals surface area contributed by atoms with Crippen molar-refractivity contribution in [2.24, 2.45) is 5.92 Å². The van der Waals surface area contributed by atoms with E-state index in [9.17, 15) is 10.1 Å². The van der Waals surface area contributed by atoms with Crippen LogP contribution in [0.2, 0.25) is 0 Å². The highest BCUT2D eigenvalue weighted by atomic mass is 16.7. The summed E-state index contributed by atoms with van der Waals surface area (Å²) in [5.74, 6) is -0.160. The first-order valence-corrected chi connectivity index (χ1v) is 3.55. The Balaban J connectivity index is 2.28. The van der Waals surface area contributed by atoms with Crippen molar-refractivity contribution in [3.05, 3.63) is 10.1 Å². The zero-order valence-corrected chi connectivity index (χ0v) is 6.36. The third kappa shape index (κ3) is 2.44. The quantitative estimate of drug-likeness (QED) is 0.440. The average Bonchev–Trinajstić information content (AvgIpc) is 2.35. The molecule has 1 aliphatic rings. The molecule has 1 fully saturated rings. The van der Waals surface area contributed by atoms with Gasteiger partial charge in [0.15, 0.2) is 6.29 Å². The van der Waals surface area contributed by atoms with E-state index in [1.165, 1.54) is 0 Å². The van der Waals surface area contributed by atoms with Crippen LogP contribution in [-0.4, -0.2) is 31.0 Å². The van der Waals surface area contributed by atoms with Crippen LogP contribution < -0.4 is 0 Å². The minimum atomic E-state index is -0.375. The second kappa shape index (κ2) is 3.64. The van der Waals surface area contributed by atoms with Crippen LogP contribution in [0.3, 0.4) is 0 Å². The van der Waals surface area contributed by atoms with Gasteiger partial charge in [0.1, 0.15) is 0 Å². The second-order valence-electron chi connectivity index (χ2n) is 2.60. The molecule has 1 heterocycles. The third-order valence-electron chi connectivity index (χ3n) is 1.55. The van der Waals surface area contributed by atoms with Crippen molar-refractivity contribution in [2.75, 3.05) is 19.8 Å². The van der Waals surface area contributed by atoms with Crippen LogP contribution in [0.1, 0.15) is 6.92 Å². The molecule has 1 unspecified atom stereocenters. The molecule has 1 aliphatic heterocycles. The molecule has 11 heavy (non-hydrogen) atoms. The number of rotatable bonds is 3. The largest absolute Gasteiger partial charge is 0.350 e. The van der Waals surface area contributed by atoms with Crippen molar-refractivity contribution < 1.29 is 14.4 Å². The molecule has 5 nitrogen and oxygen atoms in total. The standard InChI is InChI=1S/C6H11NO4/c1-5(4-7(8)9)6-10-2-3-11-6/h5-6H,2-4H2,1H3. The highest BCUT2D eigenvalue weighted by Gasteiger charge is 2.26. The lowest BCUT2D eigenvalue weighted by atomic mass is 10.2. The van der Waals surface area contributed by atoms with Gasteiger partial charge < -0.3 is 9.47 Å². The van der Waals surface area contributed by atoms with Crippen molar-refractivity contribution >= 4 is 0 Å². The molecule has 0 amide bonds. The SMILES string of the molecule is CC(C[N+](=O)[O-])C1OCCO1. The molecule has 5 heteroatoms. The molecule has 1 atom stereocenters. The summed E-state index contributed by atoms with van der Waals surface area (Å²) in [6.45, 7) is 2.75. The summed E-state index contributed by atoms with van der Waals surface area (Å²) in [4.78, 5) is 9.71. The molecule has 1 saturated heterocycles. The molecule has 0 spiro atoms. The van der Waals surface area contributed by atoms with Gasteiger partial charge in [-0.2, -0.15) is 0 Å². The lowest BCUT2D eigenvalue weighted by molar-refractivity contribution is -0.492. The van der Waals surface area contributed by atoms with E-state index in [-0.39, 0.29) is 23.7 Å². The first-order valence-electron chi connectivity index (χ1n) is 3.55. The van der Waals surface area contributed by atoms with E-state index in [1.54, 1.807) is 6.92 Å². The molecule has 0 saturated carbocycles. The molecule has 0 aromatic heterocycles. The van der Waals surface area contributed by atoms with Gasteiger partial charge in [0, 0.05) is 4.92 Å². The molecule has 64 valence electrons. The summed E-state index contributed by atoms with van der Waals surface area (Å²) >= 11 is 0. The predicted molar refractivity (Wildman–Crippen MR) is 36.7 cm³/mol. The third-order valence-corrected chi connectivity index (χ3v) is 1.55. The molecule has 1 rings (SSSR count). The van der Waals surface area contributed by atoms with Crippen LogP contribution in [0.25, 0.3) is 0 Å². The van der Waals surface area contributed by atoms with Crippen LogP contribution in [0.4, 0.5) is 0 Å². The first-order chi connectivity index (χ1) is 5.20. The van der Waals surface area contributed by atoms with E-state index in [4.69, 9.17) is 9.47 Å². The minimum Gasteiger partial charge on any atom is -0.350 e. The van der Waals surface area contributed by atoms with Crippen LogP contribution in [0.15, 0.2) is 0 Å². The average molecular weight is 161 g/mol. The maximum Gasteiger partial charge on any atom is 0.211 e. The van der Waals surface area contributed by atoms with E-state index < -0.39 is 0 Å². The molecule has 0 aromatic rings. The van der Waals surface area contributed by atoms with Gasteiger partial charge in [-0.3, -0.25) is 10.1 Å². The zero-order valence-electron chi connectivity index (χ0n) is 6.36. The summed E-state index contributed by atoms with van der Waals surface area (Å²) < 4.78 is 10.2. The van der Waals surface area contributed by atoms with Crippen molar-refractivity contribution in [1.29, 1.82) is 0 Å². The van der Waals surface area contributed by atoms with Crippen LogP contribution in [0, 0.1) is 16.0 Å². The molecule has 0 N–H and O–H groups in total. The predicted octanol–water partition coefficient (Wildman–Crippen LogP) is 0.272. The van der Waals surface area contributed by atoms with Gasteiger partial charge in [0.25, 0.3) is 0 Å². The lowest BCUT2D eigenvalue weighted by Gasteiger charge is -2.12. The molecule has 0 bridgehead atoms. The number of nitrogens with zero attached hydrogens (tertiary/aromatic N) is 1. The van der Waals surface area contributed by atoms with Gasteiger partial charge >= 0.3 is 0 Å². The smallest absolute Gasteiger partial charge is 0.211 e. The fraction of sp³-hybridized carbons (Fsp3) is 1.00. The van der Waals surface area contributed by atoms with Gasteiger partial charge in [-0.05, 0) is 0 Å². The zero-order chi connectivity index (χ0) is 8.27. The van der Waals surface area contributed by atoms with E-state index in [0.717, 1.165) is 0 Å². The summed E-state index contributed by atoms with van der Waals surface area (Å²) in [6.07, 6.45) is -0.375. The molecule has 0 aromatic carbocycles. The van der Waals surface area contributed by atoms with Crippen molar-refractivity contribution in [3.8, 4) is 0 Å². The van der Waals surface area contributed by atoms with E-state index in [0.29, 0.717) is 13.2 Å². The Kier molecular flexibility index (Phi) is 2.78. The highest BCUT2D eigenvalue weighted by molar-refractivity contribution is 4.59. The van der Waals surface area contributed by atoms with Gasteiger partial charge in [0.2, 0.25) is 6.54 Å². The summed E-state index contributed by atoms with van der Waals surface area (Å²) in [6, 6.07) is 0. The number of hydrogen-bond acceptors (Lipinski definition) is 4. The van der Waals surface area contributed by atoms with Crippen molar-refractivity contribution in [3.63, 3.8) is 0 Å². The highest BCUT2D eigenvalue weighted by Crippen LogP contribution is 2.13. The Hall–Kier alpha value is -0.680. The van der Waals surface area contributed by atoms with Crippen molar-refractivity contribution in [2.45, 2.75) is 13.2 Å². The Bertz CT molecular complexity index is 144. The molecule has 0 radical (unpaired) electrons. The molecule has 0 aliphatic carbocycles. The normalized spacial score (nSPS) is 21.9. The molecular formula is C6H11NO4. The van der Waals surface area contributed by atoms with E-state index >= 15 is 0 Å². The van der Waals surface area contributed by atoms with Gasteiger partial charge in [-0.25, -0.2) is 0 Å². The van der Waals surface area contributed by atoms with Gasteiger partial charge in [-0.1, -0.05) is 6.92 Å². The fourth-order valence-corrected chi connectivity index (χ4v) is 1.03. The van der Waals surface area contributed by atoms with Crippen LogP contribution in [0.5, 0.6) is 0 Å². The van der Waals surface area contributed by atoms with Crippen LogP contribution >= 0.6 is 0 Å². The number of ether oxygens (including phenoxy) is 2. The molecular weight excluding hydrogens is 150 g/mol. The number of hydrogen-bond donors (Lipinski definition) is 0. The minimum absolute atomic E-state index is 0.0926. The van der Waals surface area contributed by atoms with Gasteiger partial charge in [0.05, 0.1) is 19.1 Å². The number of nitro groups is 1. The monoisotopic (exact) mass is 161 g/mol. The Morgan fingerprint density at radius 3 is 2.64 bits per heavy atom. The summed E-state index contributed by atoms with van der Waals surface area (Å²) in [7, 11) is 0. The lowest BCUT2D eigenvalue weighted by Crippen LogP contribution is -2.25. The summed E-state index contributed by atoms with van der Waals surface area (Å²) in [5, 5.41) is 10.1. The maximum atomic E-state index is 10.1. The Morgan fingerprint density at radius 1 is 1.64 bits per heavy atom. The Labute approximate surface area is 64.4 Å². The topological polar surface area (TPSA) is 61.6 Å². The van der Waals surface area contributed by atoms with Gasteiger partial charge in [-0.15, -0.1) is 0 Å². The van der Waals surface area contributed by atoms with Crippen LogP contribution in [-0.2, 0) is 9.47 Å². The fourth-order valence-electron chi connectivity index (χ4n) is 1.03.